The molecule has 0 unspecified atom stereocenters. The van der Waals surface area contributed by atoms with E-state index in [9.17, 15) is 4.79 Å². The van der Waals surface area contributed by atoms with Crippen LogP contribution in [0.25, 0.3) is 11.0 Å². The maximum atomic E-state index is 12.4. The Kier molecular flexibility index (Phi) is 3.67. The highest BCUT2D eigenvalue weighted by Crippen LogP contribution is 2.28. The third-order valence-electron chi connectivity index (χ3n) is 3.57. The minimum Gasteiger partial charge on any atom is -0.451 e. The molecule has 0 radical (unpaired) electrons. The number of hydrogen-bond donors (Lipinski definition) is 1. The van der Waals surface area contributed by atoms with Crippen molar-refractivity contribution in [2.75, 3.05) is 5.32 Å². The smallest absolute Gasteiger partial charge is 0.291 e. The molecule has 0 atom stereocenters. The summed E-state index contributed by atoms with van der Waals surface area (Å²) in [4.78, 5) is 12.4. The number of hydrogen-bond acceptors (Lipinski definition) is 2. The van der Waals surface area contributed by atoms with E-state index in [1.165, 1.54) is 0 Å². The average Bonchev–Trinajstić information content (AvgIpc) is 2.85. The molecule has 0 saturated heterocycles. The maximum absolute atomic E-state index is 12.4. The normalized spacial score (nSPS) is 10.9. The zero-order valence-electron chi connectivity index (χ0n) is 12.7. The zero-order chi connectivity index (χ0) is 15.9. The van der Waals surface area contributed by atoms with Crippen molar-refractivity contribution in [3.63, 3.8) is 0 Å². The lowest BCUT2D eigenvalue weighted by atomic mass is 10.1. The fourth-order valence-electron chi connectivity index (χ4n) is 2.50. The van der Waals surface area contributed by atoms with Crippen LogP contribution in [0.2, 0.25) is 5.02 Å². The van der Waals surface area contributed by atoms with E-state index in [0.717, 1.165) is 22.1 Å². The summed E-state index contributed by atoms with van der Waals surface area (Å²) >= 11 is 6.22. The topological polar surface area (TPSA) is 42.2 Å². The van der Waals surface area contributed by atoms with Crippen LogP contribution in [0.5, 0.6) is 0 Å². The number of amides is 1. The summed E-state index contributed by atoms with van der Waals surface area (Å²) in [6.45, 7) is 5.86. The van der Waals surface area contributed by atoms with Gasteiger partial charge in [0.2, 0.25) is 0 Å². The standard InChI is InChI=1S/C18H16ClNO2/c1-10-4-5-13-9-16(22-15(13)8-10)18(21)20-17-12(3)6-11(2)7-14(17)19/h4-9H,1-3H3,(H,20,21). The van der Waals surface area contributed by atoms with Crippen molar-refractivity contribution in [2.24, 2.45) is 0 Å². The molecule has 0 fully saturated rings. The summed E-state index contributed by atoms with van der Waals surface area (Å²) in [7, 11) is 0. The highest BCUT2D eigenvalue weighted by molar-refractivity contribution is 6.34. The number of furan rings is 1. The number of halogens is 1. The fourth-order valence-corrected chi connectivity index (χ4v) is 2.87. The van der Waals surface area contributed by atoms with Crippen LogP contribution in [0.1, 0.15) is 27.2 Å². The van der Waals surface area contributed by atoms with Crippen molar-refractivity contribution in [1.82, 2.24) is 0 Å². The first-order valence-electron chi connectivity index (χ1n) is 7.02. The molecule has 3 aromatic rings. The van der Waals surface area contributed by atoms with Gasteiger partial charge in [0, 0.05) is 5.39 Å². The van der Waals surface area contributed by atoms with Crippen LogP contribution in [0, 0.1) is 20.8 Å². The van der Waals surface area contributed by atoms with E-state index in [4.69, 9.17) is 16.0 Å². The van der Waals surface area contributed by atoms with Gasteiger partial charge in [-0.05, 0) is 55.7 Å². The van der Waals surface area contributed by atoms with Gasteiger partial charge >= 0.3 is 0 Å². The van der Waals surface area contributed by atoms with Gasteiger partial charge in [-0.1, -0.05) is 29.8 Å². The average molecular weight is 314 g/mol. The Bertz CT molecular complexity index is 857. The molecule has 0 aliphatic rings. The second-order valence-electron chi connectivity index (χ2n) is 5.54. The summed E-state index contributed by atoms with van der Waals surface area (Å²) in [5, 5.41) is 4.26. The molecule has 1 aromatic heterocycles. The molecule has 0 saturated carbocycles. The summed E-state index contributed by atoms with van der Waals surface area (Å²) in [6.07, 6.45) is 0. The Balaban J connectivity index is 1.93. The first-order valence-corrected chi connectivity index (χ1v) is 7.40. The Morgan fingerprint density at radius 2 is 1.82 bits per heavy atom. The number of carbonyl (C=O) groups excluding carboxylic acids is 1. The Morgan fingerprint density at radius 1 is 1.05 bits per heavy atom. The van der Waals surface area contributed by atoms with E-state index >= 15 is 0 Å². The molecule has 0 aliphatic carbocycles. The van der Waals surface area contributed by atoms with E-state index in [-0.39, 0.29) is 11.7 Å². The van der Waals surface area contributed by atoms with Crippen LogP contribution >= 0.6 is 11.6 Å². The molecule has 1 heterocycles. The molecule has 3 rings (SSSR count). The van der Waals surface area contributed by atoms with Gasteiger partial charge in [-0.2, -0.15) is 0 Å². The lowest BCUT2D eigenvalue weighted by molar-refractivity contribution is 0.0998. The molecule has 4 heteroatoms. The van der Waals surface area contributed by atoms with Gasteiger partial charge in [0.25, 0.3) is 5.91 Å². The zero-order valence-corrected chi connectivity index (χ0v) is 13.4. The van der Waals surface area contributed by atoms with Crippen molar-refractivity contribution < 1.29 is 9.21 Å². The lowest BCUT2D eigenvalue weighted by Gasteiger charge is -2.10. The van der Waals surface area contributed by atoms with E-state index < -0.39 is 0 Å². The van der Waals surface area contributed by atoms with Crippen molar-refractivity contribution in [2.45, 2.75) is 20.8 Å². The van der Waals surface area contributed by atoms with Gasteiger partial charge in [-0.15, -0.1) is 0 Å². The molecule has 3 nitrogen and oxygen atoms in total. The van der Waals surface area contributed by atoms with Crippen LogP contribution < -0.4 is 5.32 Å². The Labute approximate surface area is 133 Å². The number of fused-ring (bicyclic) bond motifs is 1. The van der Waals surface area contributed by atoms with Crippen LogP contribution in [-0.2, 0) is 0 Å². The molecular formula is C18H16ClNO2. The van der Waals surface area contributed by atoms with Crippen LogP contribution in [-0.4, -0.2) is 5.91 Å². The minimum atomic E-state index is -0.303. The second kappa shape index (κ2) is 5.50. The molecule has 1 N–H and O–H groups in total. The first-order chi connectivity index (χ1) is 10.4. The van der Waals surface area contributed by atoms with E-state index in [2.05, 4.69) is 5.32 Å². The number of rotatable bonds is 2. The summed E-state index contributed by atoms with van der Waals surface area (Å²) < 4.78 is 5.63. The van der Waals surface area contributed by atoms with Crippen molar-refractivity contribution in [3.8, 4) is 0 Å². The number of carbonyl (C=O) groups is 1. The van der Waals surface area contributed by atoms with Crippen LogP contribution in [0.3, 0.4) is 0 Å². The van der Waals surface area contributed by atoms with E-state index in [0.29, 0.717) is 16.3 Å². The largest absolute Gasteiger partial charge is 0.451 e. The second-order valence-corrected chi connectivity index (χ2v) is 5.95. The third-order valence-corrected chi connectivity index (χ3v) is 3.87. The van der Waals surface area contributed by atoms with Gasteiger partial charge in [0.15, 0.2) is 5.76 Å². The summed E-state index contributed by atoms with van der Waals surface area (Å²) in [5.74, 6) is -0.0284. The summed E-state index contributed by atoms with van der Waals surface area (Å²) in [6, 6.07) is 11.4. The molecule has 0 bridgehead atoms. The van der Waals surface area contributed by atoms with Gasteiger partial charge in [-0.25, -0.2) is 0 Å². The highest BCUT2D eigenvalue weighted by Gasteiger charge is 2.15. The monoisotopic (exact) mass is 313 g/mol. The minimum absolute atomic E-state index is 0.275. The molecular weight excluding hydrogens is 298 g/mol. The van der Waals surface area contributed by atoms with Crippen molar-refractivity contribution in [1.29, 1.82) is 0 Å². The number of aryl methyl sites for hydroxylation is 3. The lowest BCUT2D eigenvalue weighted by Crippen LogP contribution is -2.12. The molecule has 22 heavy (non-hydrogen) atoms. The van der Waals surface area contributed by atoms with Gasteiger partial charge in [-0.3, -0.25) is 4.79 Å². The number of benzene rings is 2. The molecule has 112 valence electrons. The Morgan fingerprint density at radius 3 is 2.55 bits per heavy atom. The highest BCUT2D eigenvalue weighted by atomic mass is 35.5. The van der Waals surface area contributed by atoms with Crippen molar-refractivity contribution >= 4 is 34.2 Å². The number of anilines is 1. The van der Waals surface area contributed by atoms with Gasteiger partial charge in [0.05, 0.1) is 10.7 Å². The van der Waals surface area contributed by atoms with Crippen molar-refractivity contribution in [3.05, 3.63) is 63.9 Å². The molecule has 0 spiro atoms. The van der Waals surface area contributed by atoms with Gasteiger partial charge in [0.1, 0.15) is 5.58 Å². The SMILES string of the molecule is Cc1cc(C)c(NC(=O)c2cc3ccc(C)cc3o2)c(Cl)c1. The third kappa shape index (κ3) is 2.72. The first kappa shape index (κ1) is 14.7. The fraction of sp³-hybridized carbons (Fsp3) is 0.167. The molecule has 1 amide bonds. The quantitative estimate of drug-likeness (QED) is 0.701. The van der Waals surface area contributed by atoms with Crippen LogP contribution in [0.15, 0.2) is 40.8 Å². The maximum Gasteiger partial charge on any atom is 0.291 e. The molecule has 0 aliphatic heterocycles. The number of nitrogens with one attached hydrogen (secondary N) is 1. The summed E-state index contributed by atoms with van der Waals surface area (Å²) in [5.41, 5.74) is 4.39. The van der Waals surface area contributed by atoms with Gasteiger partial charge < -0.3 is 9.73 Å². The van der Waals surface area contributed by atoms with Crippen LogP contribution in [0.4, 0.5) is 5.69 Å². The predicted molar refractivity (Wildman–Crippen MR) is 89.8 cm³/mol. The Hall–Kier alpha value is -2.26. The van der Waals surface area contributed by atoms with E-state index in [1.54, 1.807) is 6.07 Å². The predicted octanol–water partition coefficient (Wildman–Crippen LogP) is 5.26. The van der Waals surface area contributed by atoms with E-state index in [1.807, 2.05) is 51.1 Å². The molecule has 2 aromatic carbocycles.